The fraction of sp³-hybridized carbons (Fsp3) is 0.389. The van der Waals surface area contributed by atoms with Gasteiger partial charge in [0.2, 0.25) is 0 Å². The maximum Gasteiger partial charge on any atom is 0.270 e. The first-order valence-electron chi connectivity index (χ1n) is 8.43. The van der Waals surface area contributed by atoms with E-state index in [0.29, 0.717) is 18.1 Å². The van der Waals surface area contributed by atoms with Crippen LogP contribution in [0.4, 0.5) is 0 Å². The lowest BCUT2D eigenvalue weighted by Crippen LogP contribution is -2.40. The van der Waals surface area contributed by atoms with E-state index in [-0.39, 0.29) is 12.5 Å². The highest BCUT2D eigenvalue weighted by molar-refractivity contribution is 7.09. The summed E-state index contributed by atoms with van der Waals surface area (Å²) < 4.78 is 7.45. The third kappa shape index (κ3) is 3.06. The second-order valence-corrected chi connectivity index (χ2v) is 7.63. The van der Waals surface area contributed by atoms with Gasteiger partial charge in [0.05, 0.1) is 33.7 Å². The molecule has 4 rings (SSSR count). The van der Waals surface area contributed by atoms with Gasteiger partial charge in [-0.1, -0.05) is 0 Å². The van der Waals surface area contributed by atoms with E-state index in [0.717, 1.165) is 34.3 Å². The summed E-state index contributed by atoms with van der Waals surface area (Å²) in [5.41, 5.74) is 3.50. The number of amides is 1. The molecule has 1 aliphatic carbocycles. The molecule has 136 valence electrons. The molecular formula is C18H20N4O3S. The molecule has 1 aromatic carbocycles. The standard InChI is InChI=1S/C18H20N4O3S/c1-11-15(26-10-19-11)8-25-12-3-4-14-13(7-12)16(22(2)21-14)17(24)20-18(9-23)5-6-18/h3-4,7,10,23H,5-6,8-9H2,1-2H3,(H,20,24). The molecule has 2 heterocycles. The Morgan fingerprint density at radius 2 is 2.27 bits per heavy atom. The molecule has 1 fully saturated rings. The summed E-state index contributed by atoms with van der Waals surface area (Å²) in [4.78, 5) is 18.0. The van der Waals surface area contributed by atoms with E-state index < -0.39 is 5.54 Å². The van der Waals surface area contributed by atoms with Gasteiger partial charge in [-0.15, -0.1) is 11.3 Å². The molecule has 0 aliphatic heterocycles. The van der Waals surface area contributed by atoms with Crippen molar-refractivity contribution < 1.29 is 14.6 Å². The minimum Gasteiger partial charge on any atom is -0.488 e. The van der Waals surface area contributed by atoms with Crippen LogP contribution < -0.4 is 10.1 Å². The average molecular weight is 372 g/mol. The predicted molar refractivity (Wildman–Crippen MR) is 98.4 cm³/mol. The van der Waals surface area contributed by atoms with Gasteiger partial charge in [0.25, 0.3) is 5.91 Å². The molecule has 1 amide bonds. The van der Waals surface area contributed by atoms with Crippen molar-refractivity contribution in [1.29, 1.82) is 0 Å². The van der Waals surface area contributed by atoms with Crippen molar-refractivity contribution in [2.75, 3.05) is 6.61 Å². The van der Waals surface area contributed by atoms with Crippen LogP contribution in [0.3, 0.4) is 0 Å². The Labute approximate surface area is 154 Å². The number of carbonyl (C=O) groups is 1. The van der Waals surface area contributed by atoms with Gasteiger partial charge in [0.15, 0.2) is 0 Å². The molecule has 7 nitrogen and oxygen atoms in total. The number of hydrogen-bond acceptors (Lipinski definition) is 6. The van der Waals surface area contributed by atoms with Crippen LogP contribution in [0.5, 0.6) is 5.75 Å². The van der Waals surface area contributed by atoms with E-state index in [1.54, 1.807) is 28.6 Å². The molecule has 0 radical (unpaired) electrons. The SMILES string of the molecule is Cc1ncsc1COc1ccc2nn(C)c(C(=O)NC3(CO)CC3)c2c1. The summed E-state index contributed by atoms with van der Waals surface area (Å²) in [6, 6.07) is 5.54. The number of rotatable bonds is 6. The molecule has 0 atom stereocenters. The van der Waals surface area contributed by atoms with Gasteiger partial charge in [0.1, 0.15) is 18.1 Å². The highest BCUT2D eigenvalue weighted by Crippen LogP contribution is 2.35. The highest BCUT2D eigenvalue weighted by atomic mass is 32.1. The van der Waals surface area contributed by atoms with Crippen molar-refractivity contribution >= 4 is 28.1 Å². The second-order valence-electron chi connectivity index (χ2n) is 6.69. The number of nitrogens with zero attached hydrogens (tertiary/aromatic N) is 3. The summed E-state index contributed by atoms with van der Waals surface area (Å²) >= 11 is 1.56. The number of aliphatic hydroxyl groups excluding tert-OH is 1. The maximum absolute atomic E-state index is 12.7. The van der Waals surface area contributed by atoms with E-state index in [9.17, 15) is 9.90 Å². The average Bonchev–Trinajstić information content (AvgIpc) is 3.14. The molecule has 0 unspecified atom stereocenters. The van der Waals surface area contributed by atoms with Crippen molar-refractivity contribution in [3.8, 4) is 5.75 Å². The number of aromatic nitrogens is 3. The highest BCUT2D eigenvalue weighted by Gasteiger charge is 2.44. The fourth-order valence-electron chi connectivity index (χ4n) is 2.92. The molecular weight excluding hydrogens is 352 g/mol. The van der Waals surface area contributed by atoms with Crippen molar-refractivity contribution in [3.63, 3.8) is 0 Å². The van der Waals surface area contributed by atoms with Gasteiger partial charge in [0, 0.05) is 12.4 Å². The predicted octanol–water partition coefficient (Wildman–Crippen LogP) is 2.17. The molecule has 2 aromatic heterocycles. The number of hydrogen-bond donors (Lipinski definition) is 2. The molecule has 3 aromatic rings. The number of ether oxygens (including phenoxy) is 1. The van der Waals surface area contributed by atoms with Crippen LogP contribution in [0.1, 0.15) is 33.9 Å². The minimum absolute atomic E-state index is 0.0446. The third-order valence-electron chi connectivity index (χ3n) is 4.77. The topological polar surface area (TPSA) is 89.3 Å². The van der Waals surface area contributed by atoms with Crippen LogP contribution in [0.15, 0.2) is 23.7 Å². The summed E-state index contributed by atoms with van der Waals surface area (Å²) in [7, 11) is 1.74. The molecule has 0 spiro atoms. The number of aryl methyl sites for hydroxylation is 2. The van der Waals surface area contributed by atoms with E-state index >= 15 is 0 Å². The smallest absolute Gasteiger partial charge is 0.270 e. The van der Waals surface area contributed by atoms with Crippen LogP contribution >= 0.6 is 11.3 Å². The van der Waals surface area contributed by atoms with Crippen LogP contribution in [-0.2, 0) is 13.7 Å². The number of fused-ring (bicyclic) bond motifs is 1. The maximum atomic E-state index is 12.7. The normalized spacial score (nSPS) is 15.2. The summed E-state index contributed by atoms with van der Waals surface area (Å²) in [5, 5.41) is 17.5. The zero-order chi connectivity index (χ0) is 18.3. The van der Waals surface area contributed by atoms with E-state index in [1.807, 2.05) is 25.1 Å². The van der Waals surface area contributed by atoms with Crippen LogP contribution in [0.25, 0.3) is 10.9 Å². The van der Waals surface area contributed by atoms with E-state index in [2.05, 4.69) is 15.4 Å². The lowest BCUT2D eigenvalue weighted by Gasteiger charge is -2.14. The first-order chi connectivity index (χ1) is 12.5. The number of aliphatic hydroxyl groups is 1. The first kappa shape index (κ1) is 17.0. The van der Waals surface area contributed by atoms with Crippen LogP contribution in [-0.4, -0.2) is 37.9 Å². The number of nitrogens with one attached hydrogen (secondary N) is 1. The molecule has 0 bridgehead atoms. The summed E-state index contributed by atoms with van der Waals surface area (Å²) in [6.45, 7) is 2.35. The number of thiazole rings is 1. The van der Waals surface area contributed by atoms with E-state index in [1.165, 1.54) is 0 Å². The summed E-state index contributed by atoms with van der Waals surface area (Å²) in [6.07, 6.45) is 1.60. The van der Waals surface area contributed by atoms with E-state index in [4.69, 9.17) is 4.74 Å². The molecule has 1 saturated carbocycles. The zero-order valence-electron chi connectivity index (χ0n) is 14.7. The van der Waals surface area contributed by atoms with Crippen molar-refractivity contribution in [2.24, 2.45) is 7.05 Å². The molecule has 26 heavy (non-hydrogen) atoms. The third-order valence-corrected chi connectivity index (χ3v) is 5.68. The van der Waals surface area contributed by atoms with Crippen molar-refractivity contribution in [1.82, 2.24) is 20.1 Å². The zero-order valence-corrected chi connectivity index (χ0v) is 15.5. The van der Waals surface area contributed by atoms with Gasteiger partial charge in [-0.05, 0) is 38.0 Å². The van der Waals surface area contributed by atoms with Crippen LogP contribution in [0.2, 0.25) is 0 Å². The Hall–Kier alpha value is -2.45. The van der Waals surface area contributed by atoms with Gasteiger partial charge in [-0.25, -0.2) is 4.98 Å². The van der Waals surface area contributed by atoms with Gasteiger partial charge in [-0.3, -0.25) is 9.48 Å². The summed E-state index contributed by atoms with van der Waals surface area (Å²) in [5.74, 6) is 0.452. The molecule has 1 aliphatic rings. The number of benzene rings is 1. The Balaban J connectivity index is 1.60. The van der Waals surface area contributed by atoms with Crippen LogP contribution in [0, 0.1) is 6.92 Å². The van der Waals surface area contributed by atoms with Crippen molar-refractivity contribution in [3.05, 3.63) is 40.0 Å². The molecule has 0 saturated heterocycles. The number of carbonyl (C=O) groups excluding carboxylic acids is 1. The van der Waals surface area contributed by atoms with Gasteiger partial charge < -0.3 is 15.2 Å². The molecule has 8 heteroatoms. The largest absolute Gasteiger partial charge is 0.488 e. The first-order valence-corrected chi connectivity index (χ1v) is 9.31. The van der Waals surface area contributed by atoms with Crippen molar-refractivity contribution in [2.45, 2.75) is 31.9 Å². The second kappa shape index (κ2) is 6.37. The lowest BCUT2D eigenvalue weighted by atomic mass is 10.1. The Bertz CT molecular complexity index is 974. The Morgan fingerprint density at radius 3 is 2.92 bits per heavy atom. The van der Waals surface area contributed by atoms with Gasteiger partial charge >= 0.3 is 0 Å². The monoisotopic (exact) mass is 372 g/mol. The Morgan fingerprint density at radius 1 is 1.46 bits per heavy atom. The molecule has 2 N–H and O–H groups in total. The quantitative estimate of drug-likeness (QED) is 0.692. The lowest BCUT2D eigenvalue weighted by molar-refractivity contribution is 0.0899. The van der Waals surface area contributed by atoms with Gasteiger partial charge in [-0.2, -0.15) is 5.10 Å². The fourth-order valence-corrected chi connectivity index (χ4v) is 3.61. The minimum atomic E-state index is -0.467. The Kier molecular flexibility index (Phi) is 4.16.